The molecule has 1 N–H and O–H groups in total. The predicted molar refractivity (Wildman–Crippen MR) is 83.2 cm³/mol. The second kappa shape index (κ2) is 6.79. The Morgan fingerprint density at radius 2 is 1.76 bits per heavy atom. The van der Waals surface area contributed by atoms with Gasteiger partial charge in [-0.05, 0) is 37.6 Å². The Hall–Kier alpha value is -1.08. The third-order valence-electron chi connectivity index (χ3n) is 2.80. The predicted octanol–water partition coefficient (Wildman–Crippen LogP) is 3.12. The van der Waals surface area contributed by atoms with Crippen LogP contribution < -0.4 is 0 Å². The van der Waals surface area contributed by atoms with Gasteiger partial charge in [-0.25, -0.2) is 13.2 Å². The third-order valence-corrected chi connectivity index (χ3v) is 5.76. The summed E-state index contributed by atoms with van der Waals surface area (Å²) in [7, 11) is -2.38. The molecule has 1 aromatic carbocycles. The number of nitrogens with zero attached hydrogens (tertiary/aromatic N) is 1. The molecule has 1 rings (SSSR count). The summed E-state index contributed by atoms with van der Waals surface area (Å²) in [5.74, 6) is -1.13. The molecule has 0 spiro atoms. The maximum Gasteiger partial charge on any atom is 0.328 e. The SMILES string of the molecule is CC(C)N(C)S(=O)(=O)c1c(Cl)cc(C=CC(=O)O)cc1Cl. The average molecular weight is 352 g/mol. The van der Waals surface area contributed by atoms with E-state index in [2.05, 4.69) is 0 Å². The normalized spacial score (nSPS) is 12.5. The molecule has 1 aromatic rings. The molecule has 0 aliphatic carbocycles. The van der Waals surface area contributed by atoms with E-state index in [0.717, 1.165) is 10.4 Å². The molecule has 0 unspecified atom stereocenters. The van der Waals surface area contributed by atoms with Gasteiger partial charge in [0.05, 0.1) is 10.0 Å². The highest BCUT2D eigenvalue weighted by atomic mass is 35.5. The van der Waals surface area contributed by atoms with Crippen molar-refractivity contribution in [1.29, 1.82) is 0 Å². The van der Waals surface area contributed by atoms with Gasteiger partial charge in [0.25, 0.3) is 0 Å². The summed E-state index contributed by atoms with van der Waals surface area (Å²) < 4.78 is 26.0. The number of carboxylic acids is 1. The molecule has 0 heterocycles. The van der Waals surface area contributed by atoms with Gasteiger partial charge in [0.1, 0.15) is 4.90 Å². The van der Waals surface area contributed by atoms with Crippen LogP contribution in [0.4, 0.5) is 0 Å². The molecule has 116 valence electrons. The Bertz CT molecular complexity index is 660. The Kier molecular flexibility index (Phi) is 5.81. The summed E-state index contributed by atoms with van der Waals surface area (Å²) in [4.78, 5) is 10.3. The van der Waals surface area contributed by atoms with E-state index in [-0.39, 0.29) is 21.0 Å². The lowest BCUT2D eigenvalue weighted by Crippen LogP contribution is -2.33. The molecule has 0 bridgehead atoms. The maximum atomic E-state index is 12.4. The summed E-state index contributed by atoms with van der Waals surface area (Å²) >= 11 is 12.0. The number of halogens is 2. The molecule has 5 nitrogen and oxygen atoms in total. The molecule has 0 saturated heterocycles. The van der Waals surface area contributed by atoms with Crippen LogP contribution in [0.1, 0.15) is 19.4 Å². The topological polar surface area (TPSA) is 74.7 Å². The molecule has 8 heteroatoms. The minimum absolute atomic E-state index is 0.0555. The van der Waals surface area contributed by atoms with Crippen molar-refractivity contribution in [2.75, 3.05) is 7.05 Å². The zero-order valence-corrected chi connectivity index (χ0v) is 14.0. The molecule has 0 aliphatic rings. The van der Waals surface area contributed by atoms with Crippen molar-refractivity contribution >= 4 is 45.3 Å². The van der Waals surface area contributed by atoms with Crippen LogP contribution in [-0.4, -0.2) is 36.9 Å². The van der Waals surface area contributed by atoms with Gasteiger partial charge in [-0.2, -0.15) is 4.31 Å². The zero-order valence-electron chi connectivity index (χ0n) is 11.7. The first-order chi connectivity index (χ1) is 9.57. The molecule has 0 aromatic heterocycles. The highest BCUT2D eigenvalue weighted by molar-refractivity contribution is 7.89. The fourth-order valence-corrected chi connectivity index (χ4v) is 4.05. The van der Waals surface area contributed by atoms with E-state index in [1.165, 1.54) is 25.3 Å². The van der Waals surface area contributed by atoms with Crippen molar-refractivity contribution in [2.45, 2.75) is 24.8 Å². The first kappa shape index (κ1) is 18.0. The highest BCUT2D eigenvalue weighted by Crippen LogP contribution is 2.33. The lowest BCUT2D eigenvalue weighted by atomic mass is 10.2. The van der Waals surface area contributed by atoms with Gasteiger partial charge in [0.2, 0.25) is 10.0 Å². The number of aliphatic carboxylic acids is 1. The fraction of sp³-hybridized carbons (Fsp3) is 0.308. The molecular weight excluding hydrogens is 337 g/mol. The minimum atomic E-state index is -3.82. The third kappa shape index (κ3) is 4.20. The van der Waals surface area contributed by atoms with Gasteiger partial charge in [0.15, 0.2) is 0 Å². The summed E-state index contributed by atoms with van der Waals surface area (Å²) in [6.07, 6.45) is 2.19. The van der Waals surface area contributed by atoms with Crippen LogP contribution in [0.2, 0.25) is 10.0 Å². The maximum absolute atomic E-state index is 12.4. The first-order valence-corrected chi connectivity index (χ1v) is 8.15. The van der Waals surface area contributed by atoms with Crippen molar-refractivity contribution in [3.8, 4) is 0 Å². The Labute approximate surface area is 133 Å². The van der Waals surface area contributed by atoms with Crippen LogP contribution in [0.15, 0.2) is 23.1 Å². The van der Waals surface area contributed by atoms with E-state index < -0.39 is 16.0 Å². The molecular formula is C13H15Cl2NO4S. The van der Waals surface area contributed by atoms with Gasteiger partial charge >= 0.3 is 5.97 Å². The molecule has 0 atom stereocenters. The van der Waals surface area contributed by atoms with Crippen molar-refractivity contribution in [2.24, 2.45) is 0 Å². The lowest BCUT2D eigenvalue weighted by molar-refractivity contribution is -0.131. The molecule has 0 amide bonds. The van der Waals surface area contributed by atoms with Crippen LogP contribution in [0, 0.1) is 0 Å². The number of hydrogen-bond acceptors (Lipinski definition) is 3. The molecule has 0 aliphatic heterocycles. The monoisotopic (exact) mass is 351 g/mol. The molecule has 0 fully saturated rings. The Morgan fingerprint density at radius 3 is 2.14 bits per heavy atom. The van der Waals surface area contributed by atoms with E-state index in [1.807, 2.05) is 0 Å². The standard InChI is InChI=1S/C13H15Cl2NO4S/c1-8(2)16(3)21(19,20)13-10(14)6-9(7-11(13)15)4-5-12(17)18/h4-8H,1-3H3,(H,17,18). The fourth-order valence-electron chi connectivity index (χ4n) is 1.51. The van der Waals surface area contributed by atoms with E-state index in [0.29, 0.717) is 5.56 Å². The van der Waals surface area contributed by atoms with Gasteiger partial charge in [-0.3, -0.25) is 0 Å². The quantitative estimate of drug-likeness (QED) is 0.827. The van der Waals surface area contributed by atoms with Gasteiger partial charge < -0.3 is 5.11 Å². The van der Waals surface area contributed by atoms with E-state index in [9.17, 15) is 13.2 Å². The van der Waals surface area contributed by atoms with Crippen molar-refractivity contribution < 1.29 is 18.3 Å². The number of carboxylic acid groups (broad SMARTS) is 1. The number of hydrogen-bond donors (Lipinski definition) is 1. The number of rotatable bonds is 5. The van der Waals surface area contributed by atoms with Gasteiger partial charge in [-0.1, -0.05) is 23.2 Å². The van der Waals surface area contributed by atoms with Crippen molar-refractivity contribution in [1.82, 2.24) is 4.31 Å². The minimum Gasteiger partial charge on any atom is -0.478 e. The van der Waals surface area contributed by atoms with Crippen molar-refractivity contribution in [3.63, 3.8) is 0 Å². The largest absolute Gasteiger partial charge is 0.478 e. The summed E-state index contributed by atoms with van der Waals surface area (Å²) in [5.41, 5.74) is 0.401. The number of sulfonamides is 1. The lowest BCUT2D eigenvalue weighted by Gasteiger charge is -2.22. The Morgan fingerprint density at radius 1 is 1.29 bits per heavy atom. The van der Waals surface area contributed by atoms with Crippen LogP contribution in [0.3, 0.4) is 0 Å². The second-order valence-corrected chi connectivity index (χ2v) is 7.35. The van der Waals surface area contributed by atoms with Crippen LogP contribution in [0.25, 0.3) is 6.08 Å². The van der Waals surface area contributed by atoms with Crippen molar-refractivity contribution in [3.05, 3.63) is 33.8 Å². The second-order valence-electron chi connectivity index (χ2n) is 4.60. The summed E-state index contributed by atoms with van der Waals surface area (Å²) in [6.45, 7) is 3.45. The summed E-state index contributed by atoms with van der Waals surface area (Å²) in [6, 6.07) is 2.45. The number of carbonyl (C=O) groups is 1. The number of benzene rings is 1. The first-order valence-electron chi connectivity index (χ1n) is 5.95. The average Bonchev–Trinajstić information content (AvgIpc) is 2.34. The molecule has 0 saturated carbocycles. The van der Waals surface area contributed by atoms with Crippen LogP contribution in [0.5, 0.6) is 0 Å². The molecule has 21 heavy (non-hydrogen) atoms. The Balaban J connectivity index is 3.38. The van der Waals surface area contributed by atoms with E-state index in [4.69, 9.17) is 28.3 Å². The van der Waals surface area contributed by atoms with Gasteiger partial charge in [-0.15, -0.1) is 0 Å². The zero-order chi connectivity index (χ0) is 16.4. The van der Waals surface area contributed by atoms with Crippen LogP contribution >= 0.6 is 23.2 Å². The van der Waals surface area contributed by atoms with E-state index in [1.54, 1.807) is 13.8 Å². The smallest absolute Gasteiger partial charge is 0.328 e. The van der Waals surface area contributed by atoms with Gasteiger partial charge in [0, 0.05) is 19.2 Å². The van der Waals surface area contributed by atoms with Crippen LogP contribution in [-0.2, 0) is 14.8 Å². The summed E-state index contributed by atoms with van der Waals surface area (Å²) in [5, 5.41) is 8.46. The van der Waals surface area contributed by atoms with E-state index >= 15 is 0 Å². The molecule has 0 radical (unpaired) electrons. The highest BCUT2D eigenvalue weighted by Gasteiger charge is 2.28.